The van der Waals surface area contributed by atoms with Crippen molar-refractivity contribution in [3.05, 3.63) is 34.3 Å². The second-order valence-corrected chi connectivity index (χ2v) is 3.66. The molecule has 96 valence electrons. The summed E-state index contributed by atoms with van der Waals surface area (Å²) in [6, 6.07) is -0.905. The third kappa shape index (κ3) is 3.26. The average molecular weight is 278 g/mol. The van der Waals surface area contributed by atoms with Crippen LogP contribution in [0.25, 0.3) is 0 Å². The fraction of sp³-hybridized carbons (Fsp3) is 0.333. The molecule has 0 spiro atoms. The van der Waals surface area contributed by atoms with Gasteiger partial charge in [-0.05, 0) is 23.8 Å². The van der Waals surface area contributed by atoms with Gasteiger partial charge in [-0.15, -0.1) is 0 Å². The molecule has 8 heteroatoms. The van der Waals surface area contributed by atoms with E-state index in [4.69, 9.17) is 17.3 Å². The summed E-state index contributed by atoms with van der Waals surface area (Å²) in [6.07, 6.45) is -9.60. The highest BCUT2D eigenvalue weighted by Crippen LogP contribution is 2.38. The van der Waals surface area contributed by atoms with Crippen LogP contribution in [0.2, 0.25) is 5.02 Å². The van der Waals surface area contributed by atoms with Gasteiger partial charge in [-0.2, -0.15) is 26.3 Å². The molecule has 0 aliphatic carbocycles. The van der Waals surface area contributed by atoms with Crippen molar-refractivity contribution in [1.82, 2.24) is 0 Å². The largest absolute Gasteiger partial charge is 0.416 e. The molecular weight excluding hydrogens is 272 g/mol. The minimum Gasteiger partial charge on any atom is -0.316 e. The fourth-order valence-corrected chi connectivity index (χ4v) is 1.37. The normalized spacial score (nSPS) is 14.8. The van der Waals surface area contributed by atoms with Crippen molar-refractivity contribution >= 4 is 11.6 Å². The van der Waals surface area contributed by atoms with Gasteiger partial charge in [0, 0.05) is 5.02 Å². The van der Waals surface area contributed by atoms with E-state index >= 15 is 0 Å². The van der Waals surface area contributed by atoms with E-state index in [9.17, 15) is 26.3 Å². The molecule has 1 aromatic carbocycles. The number of benzene rings is 1. The molecule has 0 radical (unpaired) electrons. The molecule has 0 aliphatic rings. The lowest BCUT2D eigenvalue weighted by Crippen LogP contribution is -2.29. The minimum absolute atomic E-state index is 0.306. The molecule has 0 saturated heterocycles. The van der Waals surface area contributed by atoms with Gasteiger partial charge in [0.2, 0.25) is 0 Å². The maximum absolute atomic E-state index is 12.3. The second-order valence-electron chi connectivity index (χ2n) is 3.25. The number of hydrogen-bond acceptors (Lipinski definition) is 1. The van der Waals surface area contributed by atoms with Gasteiger partial charge in [-0.25, -0.2) is 0 Å². The average Bonchev–Trinajstić information content (AvgIpc) is 2.14. The molecule has 0 saturated carbocycles. The fourth-order valence-electron chi connectivity index (χ4n) is 1.13. The molecule has 1 aromatic rings. The highest BCUT2D eigenvalue weighted by molar-refractivity contribution is 6.31. The highest BCUT2D eigenvalue weighted by Gasteiger charge is 2.40. The van der Waals surface area contributed by atoms with Crippen LogP contribution in [0.5, 0.6) is 0 Å². The van der Waals surface area contributed by atoms with Crippen LogP contribution in [0.3, 0.4) is 0 Å². The van der Waals surface area contributed by atoms with E-state index in [1.165, 1.54) is 0 Å². The van der Waals surface area contributed by atoms with Gasteiger partial charge in [-0.3, -0.25) is 0 Å². The van der Waals surface area contributed by atoms with E-state index in [1.807, 2.05) is 0 Å². The van der Waals surface area contributed by atoms with E-state index in [2.05, 4.69) is 0 Å². The first kappa shape index (κ1) is 14.1. The maximum atomic E-state index is 12.3. The summed E-state index contributed by atoms with van der Waals surface area (Å²) in [5, 5.41) is -0.456. The summed E-state index contributed by atoms with van der Waals surface area (Å²) < 4.78 is 73.7. The van der Waals surface area contributed by atoms with E-state index < -0.39 is 34.5 Å². The van der Waals surface area contributed by atoms with Crippen LogP contribution in [0.15, 0.2) is 18.2 Å². The predicted octanol–water partition coefficient (Wildman–Crippen LogP) is 3.92. The summed E-state index contributed by atoms with van der Waals surface area (Å²) in [5.74, 6) is 0. The molecule has 0 aromatic heterocycles. The van der Waals surface area contributed by atoms with Gasteiger partial charge >= 0.3 is 12.4 Å². The monoisotopic (exact) mass is 277 g/mol. The lowest BCUT2D eigenvalue weighted by atomic mass is 10.0. The molecule has 1 nitrogen and oxygen atoms in total. The third-order valence-electron chi connectivity index (χ3n) is 2.01. The Balaban J connectivity index is 3.25. The topological polar surface area (TPSA) is 26.0 Å². The zero-order chi connectivity index (χ0) is 13.4. The van der Waals surface area contributed by atoms with Crippen LogP contribution in [-0.4, -0.2) is 6.18 Å². The zero-order valence-electron chi connectivity index (χ0n) is 8.03. The molecule has 0 fully saturated rings. The van der Waals surface area contributed by atoms with Crippen molar-refractivity contribution in [2.75, 3.05) is 0 Å². The summed E-state index contributed by atoms with van der Waals surface area (Å²) in [7, 11) is 0. The summed E-state index contributed by atoms with van der Waals surface area (Å²) in [5.41, 5.74) is 2.79. The molecule has 0 heterocycles. The Morgan fingerprint density at radius 1 is 1.06 bits per heavy atom. The number of rotatable bonds is 1. The van der Waals surface area contributed by atoms with Crippen molar-refractivity contribution in [1.29, 1.82) is 0 Å². The smallest absolute Gasteiger partial charge is 0.316 e. The Hall–Kier alpha value is -0.950. The lowest BCUT2D eigenvalue weighted by Gasteiger charge is -2.18. The third-order valence-corrected chi connectivity index (χ3v) is 2.36. The number of alkyl halides is 6. The molecule has 0 unspecified atom stereocenters. The Morgan fingerprint density at radius 3 is 2.00 bits per heavy atom. The van der Waals surface area contributed by atoms with Crippen LogP contribution >= 0.6 is 11.6 Å². The first-order valence-electron chi connectivity index (χ1n) is 4.22. The standard InChI is InChI=1S/C9H6ClF6N/c10-6-2-1-4(8(11,12)13)3-5(6)7(17)9(14,15)16/h1-3,7H,17H2/t7-/m1/s1. The number of halogens is 7. The van der Waals surface area contributed by atoms with E-state index in [1.54, 1.807) is 0 Å². The molecule has 1 rings (SSSR count). The minimum atomic E-state index is -4.85. The molecule has 1 atom stereocenters. The van der Waals surface area contributed by atoms with Gasteiger partial charge < -0.3 is 5.73 Å². The maximum Gasteiger partial charge on any atom is 0.416 e. The summed E-state index contributed by atoms with van der Waals surface area (Å²) in [6.45, 7) is 0. The lowest BCUT2D eigenvalue weighted by molar-refractivity contribution is -0.150. The Morgan fingerprint density at radius 2 is 1.59 bits per heavy atom. The first-order valence-corrected chi connectivity index (χ1v) is 4.60. The van der Waals surface area contributed by atoms with Crippen LogP contribution < -0.4 is 5.73 Å². The molecule has 17 heavy (non-hydrogen) atoms. The van der Waals surface area contributed by atoms with Gasteiger partial charge in [0.05, 0.1) is 5.56 Å². The Labute approximate surface area is 97.2 Å². The van der Waals surface area contributed by atoms with E-state index in [0.29, 0.717) is 12.1 Å². The van der Waals surface area contributed by atoms with Crippen molar-refractivity contribution < 1.29 is 26.3 Å². The molecular formula is C9H6ClF6N. The van der Waals surface area contributed by atoms with Crippen molar-refractivity contribution in [3.63, 3.8) is 0 Å². The van der Waals surface area contributed by atoms with Crippen LogP contribution in [-0.2, 0) is 6.18 Å². The zero-order valence-corrected chi connectivity index (χ0v) is 8.79. The van der Waals surface area contributed by atoms with E-state index in [0.717, 1.165) is 6.07 Å². The number of nitrogens with two attached hydrogens (primary N) is 1. The Kier molecular flexibility index (Phi) is 3.63. The van der Waals surface area contributed by atoms with Gasteiger partial charge in [0.25, 0.3) is 0 Å². The van der Waals surface area contributed by atoms with Gasteiger partial charge in [-0.1, -0.05) is 11.6 Å². The SMILES string of the molecule is N[C@H](c1cc(C(F)(F)F)ccc1Cl)C(F)(F)F. The van der Waals surface area contributed by atoms with Gasteiger partial charge in [0.1, 0.15) is 6.04 Å². The van der Waals surface area contributed by atoms with E-state index in [-0.39, 0.29) is 0 Å². The first-order chi connectivity index (χ1) is 7.53. The van der Waals surface area contributed by atoms with Crippen LogP contribution in [0.1, 0.15) is 17.2 Å². The highest BCUT2D eigenvalue weighted by atomic mass is 35.5. The quantitative estimate of drug-likeness (QED) is 0.774. The van der Waals surface area contributed by atoms with Crippen molar-refractivity contribution in [3.8, 4) is 0 Å². The summed E-state index contributed by atoms with van der Waals surface area (Å²) in [4.78, 5) is 0. The molecule has 0 aliphatic heterocycles. The van der Waals surface area contributed by atoms with Crippen molar-refractivity contribution in [2.45, 2.75) is 18.4 Å². The molecule has 0 bridgehead atoms. The summed E-state index contributed by atoms with van der Waals surface area (Å²) >= 11 is 5.40. The van der Waals surface area contributed by atoms with Gasteiger partial charge in [0.15, 0.2) is 0 Å². The number of hydrogen-bond donors (Lipinski definition) is 1. The van der Waals surface area contributed by atoms with Crippen LogP contribution in [0.4, 0.5) is 26.3 Å². The van der Waals surface area contributed by atoms with Crippen molar-refractivity contribution in [2.24, 2.45) is 5.73 Å². The second kappa shape index (κ2) is 4.38. The van der Waals surface area contributed by atoms with Crippen LogP contribution in [0, 0.1) is 0 Å². The predicted molar refractivity (Wildman–Crippen MR) is 49.4 cm³/mol. The molecule has 2 N–H and O–H groups in total. The Bertz CT molecular complexity index is 411. The molecule has 0 amide bonds.